The number of carbonyl (C=O) groups excluding carboxylic acids is 2. The van der Waals surface area contributed by atoms with E-state index in [1.54, 1.807) is 24.3 Å². The fraction of sp³-hybridized carbons (Fsp3) is 0.556. The van der Waals surface area contributed by atoms with Crippen LogP contribution in [0.5, 0.6) is 0 Å². The second-order valence-electron chi connectivity index (χ2n) is 5.73. The third kappa shape index (κ3) is 4.86. The summed E-state index contributed by atoms with van der Waals surface area (Å²) in [5, 5.41) is 0. The van der Waals surface area contributed by atoms with Gasteiger partial charge in [-0.3, -0.25) is 0 Å². The van der Waals surface area contributed by atoms with E-state index in [1.165, 1.54) is 12.8 Å². The predicted octanol–water partition coefficient (Wildman–Crippen LogP) is 4.13. The largest absolute Gasteiger partial charge is 0.462 e. The Hall–Kier alpha value is -1.84. The van der Waals surface area contributed by atoms with E-state index in [0.717, 1.165) is 32.1 Å². The summed E-state index contributed by atoms with van der Waals surface area (Å²) in [6, 6.07) is 6.48. The molecule has 4 heteroatoms. The Kier molecular flexibility index (Phi) is 6.44. The molecule has 1 aliphatic rings. The summed E-state index contributed by atoms with van der Waals surface area (Å²) >= 11 is 0. The van der Waals surface area contributed by atoms with Crippen LogP contribution in [0, 0.1) is 0 Å². The monoisotopic (exact) mass is 304 g/mol. The first-order chi connectivity index (χ1) is 10.7. The van der Waals surface area contributed by atoms with Crippen molar-refractivity contribution in [1.82, 2.24) is 0 Å². The lowest BCUT2D eigenvalue weighted by Gasteiger charge is -2.15. The summed E-state index contributed by atoms with van der Waals surface area (Å²) in [6.45, 7) is 2.35. The van der Waals surface area contributed by atoms with Crippen LogP contribution in [0.15, 0.2) is 24.3 Å². The predicted molar refractivity (Wildman–Crippen MR) is 83.9 cm³/mol. The van der Waals surface area contributed by atoms with Gasteiger partial charge in [0.25, 0.3) is 0 Å². The smallest absolute Gasteiger partial charge is 0.338 e. The zero-order chi connectivity index (χ0) is 15.8. The molecule has 0 heterocycles. The molecule has 1 aromatic rings. The minimum Gasteiger partial charge on any atom is -0.462 e. The Morgan fingerprint density at radius 3 is 2.05 bits per heavy atom. The minimum atomic E-state index is -0.356. The van der Waals surface area contributed by atoms with Crippen molar-refractivity contribution in [2.75, 3.05) is 6.61 Å². The van der Waals surface area contributed by atoms with Gasteiger partial charge in [-0.1, -0.05) is 19.8 Å². The SMILES string of the molecule is CCCOC(=O)c1ccc(C(=O)OC2CCCCCC2)cc1. The molecule has 0 aliphatic heterocycles. The summed E-state index contributed by atoms with van der Waals surface area (Å²) in [7, 11) is 0. The first-order valence-electron chi connectivity index (χ1n) is 8.19. The van der Waals surface area contributed by atoms with Crippen molar-refractivity contribution in [3.05, 3.63) is 35.4 Å². The van der Waals surface area contributed by atoms with E-state index in [2.05, 4.69) is 0 Å². The molecule has 0 aromatic heterocycles. The van der Waals surface area contributed by atoms with Crippen molar-refractivity contribution in [2.24, 2.45) is 0 Å². The number of benzene rings is 1. The van der Waals surface area contributed by atoms with Crippen molar-refractivity contribution in [3.63, 3.8) is 0 Å². The summed E-state index contributed by atoms with van der Waals surface area (Å²) < 4.78 is 10.6. The lowest BCUT2D eigenvalue weighted by molar-refractivity contribution is 0.0266. The fourth-order valence-electron chi connectivity index (χ4n) is 2.60. The Labute approximate surface area is 131 Å². The highest BCUT2D eigenvalue weighted by Crippen LogP contribution is 2.21. The summed E-state index contributed by atoms with van der Waals surface area (Å²) in [5.41, 5.74) is 0.941. The number of carbonyl (C=O) groups is 2. The van der Waals surface area contributed by atoms with E-state index in [9.17, 15) is 9.59 Å². The summed E-state index contributed by atoms with van der Waals surface area (Å²) in [5.74, 6) is -0.661. The third-order valence-electron chi connectivity index (χ3n) is 3.87. The van der Waals surface area contributed by atoms with Crippen LogP contribution in [0.25, 0.3) is 0 Å². The Balaban J connectivity index is 1.91. The maximum atomic E-state index is 12.1. The van der Waals surface area contributed by atoms with E-state index in [1.807, 2.05) is 6.92 Å². The van der Waals surface area contributed by atoms with Gasteiger partial charge in [-0.05, 0) is 56.4 Å². The molecule has 1 fully saturated rings. The van der Waals surface area contributed by atoms with Gasteiger partial charge in [0.1, 0.15) is 6.10 Å². The Morgan fingerprint density at radius 2 is 1.50 bits per heavy atom. The molecule has 1 saturated carbocycles. The first-order valence-corrected chi connectivity index (χ1v) is 8.19. The Morgan fingerprint density at radius 1 is 0.955 bits per heavy atom. The molecule has 0 atom stereocenters. The van der Waals surface area contributed by atoms with Gasteiger partial charge >= 0.3 is 11.9 Å². The average molecular weight is 304 g/mol. The maximum absolute atomic E-state index is 12.1. The van der Waals surface area contributed by atoms with Gasteiger partial charge in [0.15, 0.2) is 0 Å². The standard InChI is InChI=1S/C18H24O4/c1-2-13-21-17(19)14-9-11-15(12-10-14)18(20)22-16-7-5-3-4-6-8-16/h9-12,16H,2-8,13H2,1H3. The minimum absolute atomic E-state index is 0.0317. The van der Waals surface area contributed by atoms with Gasteiger partial charge in [0, 0.05) is 0 Å². The lowest BCUT2D eigenvalue weighted by atomic mass is 10.1. The Bertz CT molecular complexity index is 484. The zero-order valence-corrected chi connectivity index (χ0v) is 13.2. The van der Waals surface area contributed by atoms with Crippen LogP contribution in [0.3, 0.4) is 0 Å². The second kappa shape index (κ2) is 8.57. The summed E-state index contributed by atoms with van der Waals surface area (Å²) in [6.07, 6.45) is 7.42. The highest BCUT2D eigenvalue weighted by atomic mass is 16.5. The van der Waals surface area contributed by atoms with Crippen LogP contribution in [0.1, 0.15) is 72.6 Å². The van der Waals surface area contributed by atoms with E-state index in [0.29, 0.717) is 17.7 Å². The van der Waals surface area contributed by atoms with Gasteiger partial charge in [-0.25, -0.2) is 9.59 Å². The van der Waals surface area contributed by atoms with E-state index in [4.69, 9.17) is 9.47 Å². The van der Waals surface area contributed by atoms with Crippen LogP contribution >= 0.6 is 0 Å². The van der Waals surface area contributed by atoms with Gasteiger partial charge < -0.3 is 9.47 Å². The number of hydrogen-bond donors (Lipinski definition) is 0. The van der Waals surface area contributed by atoms with Crippen molar-refractivity contribution in [3.8, 4) is 0 Å². The van der Waals surface area contributed by atoms with Crippen LogP contribution in [0.4, 0.5) is 0 Å². The number of ether oxygens (including phenoxy) is 2. The second-order valence-corrected chi connectivity index (χ2v) is 5.73. The average Bonchev–Trinajstić information content (AvgIpc) is 2.81. The molecular formula is C18H24O4. The lowest BCUT2D eigenvalue weighted by Crippen LogP contribution is -2.17. The van der Waals surface area contributed by atoms with Crippen LogP contribution in [0.2, 0.25) is 0 Å². The molecular weight excluding hydrogens is 280 g/mol. The van der Waals surface area contributed by atoms with Crippen molar-refractivity contribution < 1.29 is 19.1 Å². The molecule has 1 aromatic carbocycles. The van der Waals surface area contributed by atoms with E-state index < -0.39 is 0 Å². The maximum Gasteiger partial charge on any atom is 0.338 e. The van der Waals surface area contributed by atoms with Gasteiger partial charge in [0.2, 0.25) is 0 Å². The van der Waals surface area contributed by atoms with Crippen molar-refractivity contribution in [2.45, 2.75) is 58.0 Å². The molecule has 4 nitrogen and oxygen atoms in total. The quantitative estimate of drug-likeness (QED) is 0.606. The van der Waals surface area contributed by atoms with E-state index >= 15 is 0 Å². The highest BCUT2D eigenvalue weighted by Gasteiger charge is 2.18. The number of rotatable bonds is 5. The molecule has 0 N–H and O–H groups in total. The molecule has 0 amide bonds. The summed E-state index contributed by atoms with van der Waals surface area (Å²) in [4.78, 5) is 23.8. The molecule has 22 heavy (non-hydrogen) atoms. The molecule has 0 unspecified atom stereocenters. The fourth-order valence-corrected chi connectivity index (χ4v) is 2.60. The van der Waals surface area contributed by atoms with Crippen LogP contribution < -0.4 is 0 Å². The topological polar surface area (TPSA) is 52.6 Å². The molecule has 0 saturated heterocycles. The van der Waals surface area contributed by atoms with Gasteiger partial charge in [-0.15, -0.1) is 0 Å². The molecule has 0 radical (unpaired) electrons. The molecule has 120 valence electrons. The van der Waals surface area contributed by atoms with Crippen LogP contribution in [-0.4, -0.2) is 24.6 Å². The molecule has 1 aliphatic carbocycles. The molecule has 0 bridgehead atoms. The number of hydrogen-bond acceptors (Lipinski definition) is 4. The van der Waals surface area contributed by atoms with Crippen LogP contribution in [-0.2, 0) is 9.47 Å². The third-order valence-corrected chi connectivity index (χ3v) is 3.87. The zero-order valence-electron chi connectivity index (χ0n) is 13.2. The highest BCUT2D eigenvalue weighted by molar-refractivity contribution is 5.93. The van der Waals surface area contributed by atoms with Gasteiger partial charge in [0.05, 0.1) is 17.7 Å². The normalized spacial score (nSPS) is 15.9. The first kappa shape index (κ1) is 16.5. The van der Waals surface area contributed by atoms with Crippen molar-refractivity contribution in [1.29, 1.82) is 0 Å². The molecule has 0 spiro atoms. The van der Waals surface area contributed by atoms with Gasteiger partial charge in [-0.2, -0.15) is 0 Å². The van der Waals surface area contributed by atoms with E-state index in [-0.39, 0.29) is 18.0 Å². The van der Waals surface area contributed by atoms with Crippen molar-refractivity contribution >= 4 is 11.9 Å². The number of esters is 2. The molecule has 2 rings (SSSR count).